The van der Waals surface area contributed by atoms with E-state index in [1.165, 1.54) is 0 Å². The van der Waals surface area contributed by atoms with Gasteiger partial charge in [0.1, 0.15) is 5.84 Å². The third-order valence-corrected chi connectivity index (χ3v) is 4.48. The van der Waals surface area contributed by atoms with Gasteiger partial charge in [-0.3, -0.25) is 10.4 Å². The Kier molecular flexibility index (Phi) is 6.42. The first-order valence-electron chi connectivity index (χ1n) is 8.56. The minimum atomic E-state index is 0.402. The molecule has 1 heterocycles. The lowest BCUT2D eigenvalue weighted by molar-refractivity contribution is 0.934. The zero-order valence-corrected chi connectivity index (χ0v) is 16.1. The van der Waals surface area contributed by atoms with Gasteiger partial charge in [-0.15, -0.1) is 11.6 Å². The highest BCUT2D eigenvalue weighted by molar-refractivity contribution is 6.31. The third kappa shape index (κ3) is 4.51. The lowest BCUT2D eigenvalue weighted by atomic mass is 10.0. The van der Waals surface area contributed by atoms with Crippen LogP contribution in [0.1, 0.15) is 30.9 Å². The van der Waals surface area contributed by atoms with Crippen molar-refractivity contribution in [2.45, 2.75) is 19.8 Å². The van der Waals surface area contributed by atoms with Crippen LogP contribution in [0, 0.1) is 0 Å². The lowest BCUT2D eigenvalue weighted by Crippen LogP contribution is -2.23. The predicted octanol–water partition coefficient (Wildman–Crippen LogP) is 5.21. The third-order valence-electron chi connectivity index (χ3n) is 3.94. The Morgan fingerprint density at radius 2 is 2.00 bits per heavy atom. The maximum Gasteiger partial charge on any atom is 0.144 e. The van der Waals surface area contributed by atoms with Gasteiger partial charge in [-0.1, -0.05) is 55.3 Å². The van der Waals surface area contributed by atoms with Crippen molar-refractivity contribution in [2.24, 2.45) is 15.1 Å². The van der Waals surface area contributed by atoms with E-state index < -0.39 is 0 Å². The Balaban J connectivity index is 1.97. The number of nitrogens with one attached hydrogen (secondary N) is 1. The Labute approximate surface area is 163 Å². The highest BCUT2D eigenvalue weighted by Gasteiger charge is 2.16. The topological polar surface area (TPSA) is 49.1 Å². The number of hydrogen-bond acceptors (Lipinski definition) is 4. The van der Waals surface area contributed by atoms with Crippen LogP contribution in [0.5, 0.6) is 0 Å². The van der Waals surface area contributed by atoms with Crippen molar-refractivity contribution in [3.05, 3.63) is 64.7 Å². The summed E-state index contributed by atoms with van der Waals surface area (Å²) < 4.78 is 0. The molecule has 0 amide bonds. The van der Waals surface area contributed by atoms with Crippen molar-refractivity contribution in [3.63, 3.8) is 0 Å². The van der Waals surface area contributed by atoms with Gasteiger partial charge in [0.05, 0.1) is 29.5 Å². The van der Waals surface area contributed by atoms with E-state index in [0.29, 0.717) is 23.3 Å². The molecule has 2 aromatic rings. The summed E-state index contributed by atoms with van der Waals surface area (Å²) in [4.78, 5) is 9.47. The Hall–Kier alpha value is -2.17. The number of rotatable bonds is 5. The molecule has 3 rings (SSSR count). The van der Waals surface area contributed by atoms with Gasteiger partial charge in [0.2, 0.25) is 0 Å². The minimum absolute atomic E-state index is 0.402. The fourth-order valence-corrected chi connectivity index (χ4v) is 3.07. The zero-order valence-electron chi connectivity index (χ0n) is 14.5. The monoisotopic (exact) mass is 386 g/mol. The van der Waals surface area contributed by atoms with Crippen LogP contribution in [0.25, 0.3) is 0 Å². The van der Waals surface area contributed by atoms with Crippen molar-refractivity contribution in [1.29, 1.82) is 0 Å². The van der Waals surface area contributed by atoms with Crippen LogP contribution in [0.15, 0.2) is 63.6 Å². The summed E-state index contributed by atoms with van der Waals surface area (Å²) in [6, 6.07) is 15.7. The fraction of sp³-hybridized carbons (Fsp3) is 0.250. The molecule has 2 aromatic carbocycles. The Bertz CT molecular complexity index is 857. The summed E-state index contributed by atoms with van der Waals surface area (Å²) >= 11 is 12.2. The molecule has 26 heavy (non-hydrogen) atoms. The average molecular weight is 387 g/mol. The SMILES string of the molecule is CCCC(CCl)=NNC1=Nc2ccc(Cl)cc2C(c2ccccc2)=NC1. The van der Waals surface area contributed by atoms with Crippen LogP contribution in [0.4, 0.5) is 5.69 Å². The van der Waals surface area contributed by atoms with Crippen molar-refractivity contribution in [3.8, 4) is 0 Å². The van der Waals surface area contributed by atoms with Crippen LogP contribution in [-0.4, -0.2) is 29.7 Å². The number of alkyl halides is 1. The number of fused-ring (bicyclic) bond motifs is 1. The number of hydrogen-bond donors (Lipinski definition) is 1. The number of nitrogens with zero attached hydrogens (tertiary/aromatic N) is 3. The van der Waals surface area contributed by atoms with Crippen LogP contribution >= 0.6 is 23.2 Å². The summed E-state index contributed by atoms with van der Waals surface area (Å²) in [5, 5.41) is 5.05. The zero-order chi connectivity index (χ0) is 18.4. The molecule has 1 aliphatic heterocycles. The molecule has 0 radical (unpaired) electrons. The highest BCUT2D eigenvalue weighted by atomic mass is 35.5. The van der Waals surface area contributed by atoms with Gasteiger partial charge in [0.25, 0.3) is 0 Å². The number of halogens is 2. The molecule has 0 bridgehead atoms. The molecule has 6 heteroatoms. The van der Waals surface area contributed by atoms with E-state index in [2.05, 4.69) is 17.5 Å². The van der Waals surface area contributed by atoms with Gasteiger partial charge in [0.15, 0.2) is 0 Å². The number of amidine groups is 1. The quantitative estimate of drug-likeness (QED) is 0.428. The van der Waals surface area contributed by atoms with Gasteiger partial charge < -0.3 is 0 Å². The van der Waals surface area contributed by atoms with Crippen molar-refractivity contribution < 1.29 is 0 Å². The Morgan fingerprint density at radius 1 is 1.19 bits per heavy atom. The number of hydrazone groups is 1. The van der Waals surface area contributed by atoms with Crippen LogP contribution in [-0.2, 0) is 0 Å². The first-order chi connectivity index (χ1) is 12.7. The second-order valence-corrected chi connectivity index (χ2v) is 6.63. The lowest BCUT2D eigenvalue weighted by Gasteiger charge is -2.08. The maximum absolute atomic E-state index is 6.22. The summed E-state index contributed by atoms with van der Waals surface area (Å²) in [7, 11) is 0. The van der Waals surface area contributed by atoms with E-state index in [1.54, 1.807) is 0 Å². The van der Waals surface area contributed by atoms with Crippen molar-refractivity contribution in [1.82, 2.24) is 5.43 Å². The summed E-state index contributed by atoms with van der Waals surface area (Å²) in [6.07, 6.45) is 1.85. The van der Waals surface area contributed by atoms with Crippen molar-refractivity contribution in [2.75, 3.05) is 12.4 Å². The first-order valence-corrected chi connectivity index (χ1v) is 9.47. The molecule has 0 unspecified atom stereocenters. The van der Waals surface area contributed by atoms with E-state index in [1.807, 2.05) is 48.5 Å². The predicted molar refractivity (Wildman–Crippen MR) is 112 cm³/mol. The van der Waals surface area contributed by atoms with E-state index in [4.69, 9.17) is 33.2 Å². The van der Waals surface area contributed by atoms with Crippen LogP contribution in [0.3, 0.4) is 0 Å². The molecule has 0 fully saturated rings. The molecule has 0 aliphatic carbocycles. The second kappa shape index (κ2) is 8.97. The largest absolute Gasteiger partial charge is 0.276 e. The van der Waals surface area contributed by atoms with Crippen molar-refractivity contribution >= 4 is 46.1 Å². The van der Waals surface area contributed by atoms with Gasteiger partial charge >= 0.3 is 0 Å². The number of aliphatic imine (C=N–C) groups is 2. The molecule has 0 aromatic heterocycles. The average Bonchev–Trinajstić information content (AvgIpc) is 2.85. The molecule has 0 spiro atoms. The molecule has 0 saturated carbocycles. The van der Waals surface area contributed by atoms with Gasteiger partial charge in [-0.05, 0) is 24.6 Å². The van der Waals surface area contributed by atoms with Gasteiger partial charge in [-0.25, -0.2) is 4.99 Å². The minimum Gasteiger partial charge on any atom is -0.276 e. The molecule has 0 saturated heterocycles. The summed E-state index contributed by atoms with van der Waals surface area (Å²) in [5.41, 5.74) is 7.58. The molecule has 0 atom stereocenters. The Morgan fingerprint density at radius 3 is 2.73 bits per heavy atom. The summed E-state index contributed by atoms with van der Waals surface area (Å²) in [5.74, 6) is 1.08. The maximum atomic E-state index is 6.22. The molecular weight excluding hydrogens is 367 g/mol. The standard InChI is InChI=1S/C20H20Cl2N4/c1-2-6-16(12-21)25-26-19-13-23-20(14-7-4-3-5-8-14)17-11-15(22)9-10-18(17)24-19/h3-5,7-11H,2,6,12-13H2,1H3,(H,24,26). The molecule has 4 nitrogen and oxygen atoms in total. The van der Waals surface area contributed by atoms with Crippen LogP contribution < -0.4 is 5.43 Å². The highest BCUT2D eigenvalue weighted by Crippen LogP contribution is 2.28. The van der Waals surface area contributed by atoms with Crippen LogP contribution in [0.2, 0.25) is 5.02 Å². The second-order valence-electron chi connectivity index (χ2n) is 5.92. The fourth-order valence-electron chi connectivity index (χ4n) is 2.70. The normalized spacial score (nSPS) is 14.2. The number of benzene rings is 2. The van der Waals surface area contributed by atoms with E-state index in [-0.39, 0.29) is 0 Å². The van der Waals surface area contributed by atoms with E-state index in [0.717, 1.165) is 41.1 Å². The van der Waals surface area contributed by atoms with E-state index >= 15 is 0 Å². The van der Waals surface area contributed by atoms with Gasteiger partial charge in [-0.2, -0.15) is 5.10 Å². The first kappa shape index (κ1) is 18.6. The van der Waals surface area contributed by atoms with Gasteiger partial charge in [0, 0.05) is 16.1 Å². The van der Waals surface area contributed by atoms with E-state index in [9.17, 15) is 0 Å². The summed E-state index contributed by atoms with van der Waals surface area (Å²) in [6.45, 7) is 2.50. The molecule has 134 valence electrons. The molecule has 1 aliphatic rings. The molecule has 1 N–H and O–H groups in total. The smallest absolute Gasteiger partial charge is 0.144 e. The molecular formula is C20H20Cl2N4.